The van der Waals surface area contributed by atoms with Crippen molar-refractivity contribution < 1.29 is 0 Å². The lowest BCUT2D eigenvalue weighted by molar-refractivity contribution is 0.176. The second kappa shape index (κ2) is 10.5. The molecular formula is C22H36N8S. The van der Waals surface area contributed by atoms with E-state index in [2.05, 4.69) is 54.0 Å². The summed E-state index contributed by atoms with van der Waals surface area (Å²) in [6.07, 6.45) is 8.86. The van der Waals surface area contributed by atoms with E-state index in [0.29, 0.717) is 12.0 Å². The van der Waals surface area contributed by atoms with Gasteiger partial charge in [-0.1, -0.05) is 0 Å². The highest BCUT2D eigenvalue weighted by Crippen LogP contribution is 2.20. The Morgan fingerprint density at radius 2 is 2.10 bits per heavy atom. The number of guanidine groups is 1. The summed E-state index contributed by atoms with van der Waals surface area (Å²) >= 11 is 1.75. The van der Waals surface area contributed by atoms with Gasteiger partial charge in [0, 0.05) is 57.9 Å². The minimum atomic E-state index is 0.406. The highest BCUT2D eigenvalue weighted by atomic mass is 32.1. The van der Waals surface area contributed by atoms with Crippen molar-refractivity contribution in [3.05, 3.63) is 28.5 Å². The molecule has 1 unspecified atom stereocenters. The lowest BCUT2D eigenvalue weighted by Crippen LogP contribution is -2.52. The molecule has 2 aliphatic heterocycles. The second-order valence-corrected chi connectivity index (χ2v) is 9.89. The number of nitrogens with zero attached hydrogens (tertiary/aromatic N) is 6. The quantitative estimate of drug-likeness (QED) is 0.526. The largest absolute Gasteiger partial charge is 0.367 e. The van der Waals surface area contributed by atoms with Crippen LogP contribution in [-0.4, -0.2) is 71.4 Å². The molecular weight excluding hydrogens is 408 g/mol. The van der Waals surface area contributed by atoms with Crippen molar-refractivity contribution in [1.29, 1.82) is 0 Å². The molecule has 4 heterocycles. The Bertz CT molecular complexity index is 851. The third-order valence-corrected chi connectivity index (χ3v) is 7.18. The number of rotatable bonds is 6. The summed E-state index contributed by atoms with van der Waals surface area (Å²) in [5.41, 5.74) is 2.42. The molecule has 9 heteroatoms. The van der Waals surface area contributed by atoms with E-state index in [4.69, 9.17) is 0 Å². The molecule has 2 aromatic heterocycles. The first-order valence-corrected chi connectivity index (χ1v) is 12.3. The van der Waals surface area contributed by atoms with E-state index >= 15 is 0 Å². The van der Waals surface area contributed by atoms with Crippen molar-refractivity contribution in [3.63, 3.8) is 0 Å². The lowest BCUT2D eigenvalue weighted by atomic mass is 9.97. The van der Waals surface area contributed by atoms with Gasteiger partial charge in [-0.3, -0.25) is 14.6 Å². The maximum atomic E-state index is 4.61. The van der Waals surface area contributed by atoms with Crippen LogP contribution in [0.5, 0.6) is 0 Å². The van der Waals surface area contributed by atoms with Gasteiger partial charge in [0.25, 0.3) is 0 Å². The predicted molar refractivity (Wildman–Crippen MR) is 128 cm³/mol. The van der Waals surface area contributed by atoms with Crippen molar-refractivity contribution in [2.45, 2.75) is 45.2 Å². The molecule has 0 aromatic carbocycles. The van der Waals surface area contributed by atoms with Gasteiger partial charge in [-0.2, -0.15) is 5.10 Å². The first-order valence-electron chi connectivity index (χ1n) is 11.4. The number of nitrogens with one attached hydrogen (secondary N) is 2. The number of hydrogen-bond acceptors (Lipinski definition) is 6. The number of piperidine rings is 2. The molecule has 8 nitrogen and oxygen atoms in total. The molecule has 0 spiro atoms. The lowest BCUT2D eigenvalue weighted by Gasteiger charge is -2.35. The fourth-order valence-corrected chi connectivity index (χ4v) is 5.19. The van der Waals surface area contributed by atoms with E-state index in [-0.39, 0.29) is 0 Å². The molecule has 0 bridgehead atoms. The fourth-order valence-electron chi connectivity index (χ4n) is 4.59. The molecule has 0 aliphatic carbocycles. The summed E-state index contributed by atoms with van der Waals surface area (Å²) in [4.78, 5) is 14.0. The number of anilines is 1. The standard InChI is InChI=1S/C22H36N8S/c1-17-26-20(16-31-17)13-29-9-6-18(7-10-29)11-24-22(23-2)27-19-5-4-8-30(14-19)21-12-25-28(3)15-21/h12,15-16,18-19H,4-11,13-14H2,1-3H3,(H2,23,24,27). The zero-order chi connectivity index (χ0) is 21.6. The SMILES string of the molecule is CN=C(NCC1CCN(Cc2csc(C)n2)CC1)NC1CCCN(c2cnn(C)c2)C1. The van der Waals surface area contributed by atoms with Crippen LogP contribution in [0.2, 0.25) is 0 Å². The van der Waals surface area contributed by atoms with Gasteiger partial charge in [-0.15, -0.1) is 11.3 Å². The summed E-state index contributed by atoms with van der Waals surface area (Å²) in [7, 11) is 3.84. The summed E-state index contributed by atoms with van der Waals surface area (Å²) in [6.45, 7) is 8.44. The zero-order valence-corrected chi connectivity index (χ0v) is 19.9. The monoisotopic (exact) mass is 444 g/mol. The molecule has 2 N–H and O–H groups in total. The third kappa shape index (κ3) is 6.20. The van der Waals surface area contributed by atoms with Crippen molar-refractivity contribution in [2.75, 3.05) is 44.7 Å². The van der Waals surface area contributed by atoms with Gasteiger partial charge in [-0.25, -0.2) is 4.98 Å². The number of hydrogen-bond donors (Lipinski definition) is 2. The van der Waals surface area contributed by atoms with Gasteiger partial charge < -0.3 is 15.5 Å². The minimum absolute atomic E-state index is 0.406. The topological polar surface area (TPSA) is 73.6 Å². The normalized spacial score (nSPS) is 21.5. The predicted octanol–water partition coefficient (Wildman–Crippen LogP) is 2.23. The fraction of sp³-hybridized carbons (Fsp3) is 0.682. The average Bonchev–Trinajstić information content (AvgIpc) is 3.40. The maximum absolute atomic E-state index is 4.61. The molecule has 170 valence electrons. The first-order chi connectivity index (χ1) is 15.1. The van der Waals surface area contributed by atoms with Crippen LogP contribution in [0.3, 0.4) is 0 Å². The van der Waals surface area contributed by atoms with Crippen LogP contribution in [0.4, 0.5) is 5.69 Å². The number of likely N-dealkylation sites (tertiary alicyclic amines) is 1. The molecule has 31 heavy (non-hydrogen) atoms. The van der Waals surface area contributed by atoms with Crippen LogP contribution >= 0.6 is 11.3 Å². The summed E-state index contributed by atoms with van der Waals surface area (Å²) in [6, 6.07) is 0.406. The molecule has 2 aliphatic rings. The van der Waals surface area contributed by atoms with Crippen molar-refractivity contribution in [2.24, 2.45) is 18.0 Å². The Balaban J connectivity index is 1.18. The van der Waals surface area contributed by atoms with Gasteiger partial charge >= 0.3 is 0 Å². The van der Waals surface area contributed by atoms with E-state index in [1.165, 1.54) is 37.1 Å². The highest BCUT2D eigenvalue weighted by molar-refractivity contribution is 7.09. The van der Waals surface area contributed by atoms with Gasteiger partial charge in [0.1, 0.15) is 0 Å². The van der Waals surface area contributed by atoms with Crippen molar-refractivity contribution >= 4 is 23.0 Å². The number of thiazole rings is 1. The van der Waals surface area contributed by atoms with Crippen LogP contribution in [0.15, 0.2) is 22.8 Å². The Morgan fingerprint density at radius 1 is 1.26 bits per heavy atom. The van der Waals surface area contributed by atoms with Crippen LogP contribution in [0, 0.1) is 12.8 Å². The van der Waals surface area contributed by atoms with Gasteiger partial charge in [0.05, 0.1) is 22.6 Å². The third-order valence-electron chi connectivity index (χ3n) is 6.36. The highest BCUT2D eigenvalue weighted by Gasteiger charge is 2.23. The second-order valence-electron chi connectivity index (χ2n) is 8.83. The van der Waals surface area contributed by atoms with E-state index in [1.807, 2.05) is 25.0 Å². The Kier molecular flexibility index (Phi) is 7.45. The zero-order valence-electron chi connectivity index (χ0n) is 19.0. The van der Waals surface area contributed by atoms with E-state index in [1.54, 1.807) is 11.3 Å². The maximum Gasteiger partial charge on any atom is 0.191 e. The van der Waals surface area contributed by atoms with Crippen LogP contribution < -0.4 is 15.5 Å². The van der Waals surface area contributed by atoms with Crippen LogP contribution in [0.1, 0.15) is 36.4 Å². The van der Waals surface area contributed by atoms with Crippen LogP contribution in [-0.2, 0) is 13.6 Å². The Morgan fingerprint density at radius 3 is 2.77 bits per heavy atom. The molecule has 2 saturated heterocycles. The molecule has 1 atom stereocenters. The van der Waals surface area contributed by atoms with Crippen molar-refractivity contribution in [3.8, 4) is 0 Å². The van der Waals surface area contributed by atoms with E-state index in [9.17, 15) is 0 Å². The molecule has 0 radical (unpaired) electrons. The van der Waals surface area contributed by atoms with Gasteiger partial charge in [0.2, 0.25) is 0 Å². The summed E-state index contributed by atoms with van der Waals surface area (Å²) in [5.74, 6) is 1.63. The van der Waals surface area contributed by atoms with E-state index in [0.717, 1.165) is 50.2 Å². The Labute approximate surface area is 189 Å². The smallest absolute Gasteiger partial charge is 0.191 e. The number of aromatic nitrogens is 3. The van der Waals surface area contributed by atoms with Gasteiger partial charge in [0.15, 0.2) is 5.96 Å². The molecule has 2 fully saturated rings. The molecule has 0 saturated carbocycles. The first kappa shape index (κ1) is 22.1. The average molecular weight is 445 g/mol. The molecule has 2 aromatic rings. The van der Waals surface area contributed by atoms with Gasteiger partial charge in [-0.05, 0) is 51.6 Å². The molecule has 0 amide bonds. The summed E-state index contributed by atoms with van der Waals surface area (Å²) < 4.78 is 1.87. The van der Waals surface area contributed by atoms with Crippen LogP contribution in [0.25, 0.3) is 0 Å². The minimum Gasteiger partial charge on any atom is -0.367 e. The molecule has 4 rings (SSSR count). The number of aliphatic imine (C=N–C) groups is 1. The summed E-state index contributed by atoms with van der Waals surface area (Å²) in [5, 5.41) is 14.9. The van der Waals surface area contributed by atoms with Crippen molar-refractivity contribution in [1.82, 2.24) is 30.3 Å². The number of aryl methyl sites for hydroxylation is 2. The Hall–Kier alpha value is -2.13. The van der Waals surface area contributed by atoms with E-state index < -0.39 is 0 Å².